The lowest BCUT2D eigenvalue weighted by Gasteiger charge is -2.21. The molecule has 0 aromatic heterocycles. The van der Waals surface area contributed by atoms with E-state index in [9.17, 15) is 9.59 Å². The van der Waals surface area contributed by atoms with Crippen molar-refractivity contribution in [2.24, 2.45) is 5.41 Å². The van der Waals surface area contributed by atoms with Crippen molar-refractivity contribution in [3.63, 3.8) is 0 Å². The first-order valence-electron chi connectivity index (χ1n) is 6.33. The maximum atomic E-state index is 12.0. The first-order chi connectivity index (χ1) is 9.45. The molecule has 0 saturated heterocycles. The summed E-state index contributed by atoms with van der Waals surface area (Å²) in [6.45, 7) is 0.649. The van der Waals surface area contributed by atoms with E-state index >= 15 is 0 Å². The molecule has 1 N–H and O–H groups in total. The van der Waals surface area contributed by atoms with Crippen molar-refractivity contribution in [1.29, 1.82) is 0 Å². The van der Waals surface area contributed by atoms with Crippen LogP contribution in [0.15, 0.2) is 24.3 Å². The SMILES string of the molecule is CN(CCOc1ccc(Cl)cc1)C(=O)C1(C(=O)O)CC1. The second-order valence-corrected chi connectivity index (χ2v) is 5.35. The van der Waals surface area contributed by atoms with Crippen LogP contribution < -0.4 is 4.74 Å². The Labute approximate surface area is 122 Å². The van der Waals surface area contributed by atoms with Gasteiger partial charge in [-0.25, -0.2) is 0 Å². The van der Waals surface area contributed by atoms with E-state index in [1.165, 1.54) is 4.90 Å². The molecule has 1 aliphatic carbocycles. The predicted molar refractivity (Wildman–Crippen MR) is 73.9 cm³/mol. The molecule has 2 rings (SSSR count). The number of aliphatic carboxylic acids is 1. The van der Waals surface area contributed by atoms with E-state index in [0.29, 0.717) is 36.8 Å². The maximum Gasteiger partial charge on any atom is 0.319 e. The molecule has 0 radical (unpaired) electrons. The van der Waals surface area contributed by atoms with E-state index in [2.05, 4.69) is 0 Å². The van der Waals surface area contributed by atoms with Crippen molar-refractivity contribution >= 4 is 23.5 Å². The molecule has 0 atom stereocenters. The van der Waals surface area contributed by atoms with Gasteiger partial charge in [-0.15, -0.1) is 0 Å². The first kappa shape index (κ1) is 14.7. The number of likely N-dealkylation sites (N-methyl/N-ethyl adjacent to an activating group) is 1. The number of amides is 1. The molecule has 0 bridgehead atoms. The summed E-state index contributed by atoms with van der Waals surface area (Å²) >= 11 is 5.76. The number of carbonyl (C=O) groups is 2. The maximum absolute atomic E-state index is 12.0. The largest absolute Gasteiger partial charge is 0.492 e. The smallest absolute Gasteiger partial charge is 0.319 e. The molecule has 108 valence electrons. The zero-order valence-corrected chi connectivity index (χ0v) is 11.9. The molecule has 6 heteroatoms. The van der Waals surface area contributed by atoms with Gasteiger partial charge >= 0.3 is 5.97 Å². The molecule has 1 amide bonds. The fourth-order valence-electron chi connectivity index (χ4n) is 1.94. The zero-order chi connectivity index (χ0) is 14.8. The lowest BCUT2D eigenvalue weighted by atomic mass is 10.1. The monoisotopic (exact) mass is 297 g/mol. The zero-order valence-electron chi connectivity index (χ0n) is 11.1. The molecule has 1 aliphatic rings. The average Bonchev–Trinajstić information content (AvgIpc) is 3.21. The van der Waals surface area contributed by atoms with Gasteiger partial charge in [-0.3, -0.25) is 9.59 Å². The van der Waals surface area contributed by atoms with Crippen LogP contribution in [0.3, 0.4) is 0 Å². The Kier molecular flexibility index (Phi) is 4.18. The Morgan fingerprint density at radius 3 is 2.45 bits per heavy atom. The number of benzene rings is 1. The van der Waals surface area contributed by atoms with Gasteiger partial charge in [0.1, 0.15) is 17.8 Å². The third-order valence-electron chi connectivity index (χ3n) is 3.42. The second kappa shape index (κ2) is 5.71. The first-order valence-corrected chi connectivity index (χ1v) is 6.71. The molecule has 1 saturated carbocycles. The third-order valence-corrected chi connectivity index (χ3v) is 3.68. The van der Waals surface area contributed by atoms with E-state index in [4.69, 9.17) is 21.4 Å². The van der Waals surface area contributed by atoms with E-state index in [1.807, 2.05) is 0 Å². The molecule has 0 aliphatic heterocycles. The fourth-order valence-corrected chi connectivity index (χ4v) is 2.07. The quantitative estimate of drug-likeness (QED) is 0.816. The van der Waals surface area contributed by atoms with Crippen LogP contribution in [-0.4, -0.2) is 42.1 Å². The van der Waals surface area contributed by atoms with Gasteiger partial charge in [0.2, 0.25) is 5.91 Å². The van der Waals surface area contributed by atoms with Gasteiger partial charge in [0, 0.05) is 12.1 Å². The third kappa shape index (κ3) is 3.04. The number of ether oxygens (including phenoxy) is 1. The Morgan fingerprint density at radius 2 is 1.95 bits per heavy atom. The average molecular weight is 298 g/mol. The van der Waals surface area contributed by atoms with Crippen molar-refractivity contribution in [2.75, 3.05) is 20.2 Å². The highest BCUT2D eigenvalue weighted by atomic mass is 35.5. The molecular formula is C14H16ClNO4. The van der Waals surface area contributed by atoms with Gasteiger partial charge in [-0.2, -0.15) is 0 Å². The number of carboxylic acid groups (broad SMARTS) is 1. The molecule has 0 heterocycles. The predicted octanol–water partition coefficient (Wildman–Crippen LogP) is 2.04. The summed E-state index contributed by atoms with van der Waals surface area (Å²) in [5.74, 6) is -0.715. The summed E-state index contributed by atoms with van der Waals surface area (Å²) in [6, 6.07) is 6.92. The van der Waals surface area contributed by atoms with Gasteiger partial charge < -0.3 is 14.7 Å². The standard InChI is InChI=1S/C14H16ClNO4/c1-16(12(17)14(6-7-14)13(18)19)8-9-20-11-4-2-10(15)3-5-11/h2-5H,6-9H2,1H3,(H,18,19). The van der Waals surface area contributed by atoms with E-state index in [1.54, 1.807) is 31.3 Å². The number of rotatable bonds is 6. The van der Waals surface area contributed by atoms with Crippen LogP contribution >= 0.6 is 11.6 Å². The van der Waals surface area contributed by atoms with Crippen molar-refractivity contribution in [3.05, 3.63) is 29.3 Å². The molecular weight excluding hydrogens is 282 g/mol. The molecule has 1 aromatic carbocycles. The van der Waals surface area contributed by atoms with Crippen LogP contribution in [0.1, 0.15) is 12.8 Å². The lowest BCUT2D eigenvalue weighted by molar-refractivity contribution is -0.153. The number of hydrogen-bond donors (Lipinski definition) is 1. The van der Waals surface area contributed by atoms with Crippen LogP contribution in [0.2, 0.25) is 5.02 Å². The van der Waals surface area contributed by atoms with Crippen LogP contribution in [-0.2, 0) is 9.59 Å². The number of nitrogens with zero attached hydrogens (tertiary/aromatic N) is 1. The van der Waals surface area contributed by atoms with Crippen molar-refractivity contribution in [3.8, 4) is 5.75 Å². The van der Waals surface area contributed by atoms with Gasteiger partial charge in [0.05, 0.1) is 6.54 Å². The summed E-state index contributed by atoms with van der Waals surface area (Å²) in [5, 5.41) is 9.69. The number of carboxylic acids is 1. The highest BCUT2D eigenvalue weighted by molar-refractivity contribution is 6.30. The Bertz CT molecular complexity index is 510. The Hall–Kier alpha value is -1.75. The lowest BCUT2D eigenvalue weighted by Crippen LogP contribution is -2.40. The van der Waals surface area contributed by atoms with E-state index in [0.717, 1.165) is 0 Å². The summed E-state index contributed by atoms with van der Waals surface area (Å²) in [7, 11) is 1.59. The van der Waals surface area contributed by atoms with Gasteiger partial charge in [-0.1, -0.05) is 11.6 Å². The number of carbonyl (C=O) groups excluding carboxylic acids is 1. The highest BCUT2D eigenvalue weighted by Gasteiger charge is 2.58. The minimum atomic E-state index is -1.19. The highest BCUT2D eigenvalue weighted by Crippen LogP contribution is 2.47. The van der Waals surface area contributed by atoms with Gasteiger partial charge in [-0.05, 0) is 37.1 Å². The van der Waals surface area contributed by atoms with Gasteiger partial charge in [0.25, 0.3) is 0 Å². The molecule has 1 aromatic rings. The molecule has 0 spiro atoms. The summed E-state index contributed by atoms with van der Waals surface area (Å²) in [6.07, 6.45) is 0.840. The van der Waals surface area contributed by atoms with Crippen molar-refractivity contribution < 1.29 is 19.4 Å². The minimum absolute atomic E-state index is 0.305. The fraction of sp³-hybridized carbons (Fsp3) is 0.429. The second-order valence-electron chi connectivity index (χ2n) is 4.92. The number of hydrogen-bond acceptors (Lipinski definition) is 3. The minimum Gasteiger partial charge on any atom is -0.492 e. The van der Waals surface area contributed by atoms with Gasteiger partial charge in [0.15, 0.2) is 0 Å². The molecule has 5 nitrogen and oxygen atoms in total. The summed E-state index contributed by atoms with van der Waals surface area (Å²) in [4.78, 5) is 24.5. The molecule has 0 unspecified atom stereocenters. The van der Waals surface area contributed by atoms with E-state index in [-0.39, 0.29) is 5.91 Å². The topological polar surface area (TPSA) is 66.8 Å². The van der Waals surface area contributed by atoms with Crippen molar-refractivity contribution in [2.45, 2.75) is 12.8 Å². The number of halogens is 1. The Morgan fingerprint density at radius 1 is 1.35 bits per heavy atom. The van der Waals surface area contributed by atoms with Crippen LogP contribution in [0.5, 0.6) is 5.75 Å². The summed E-state index contributed by atoms with van der Waals surface area (Å²) < 4.78 is 5.48. The van der Waals surface area contributed by atoms with E-state index < -0.39 is 11.4 Å². The van der Waals surface area contributed by atoms with Crippen LogP contribution in [0.4, 0.5) is 0 Å². The van der Waals surface area contributed by atoms with Crippen LogP contribution in [0, 0.1) is 5.41 Å². The molecule has 20 heavy (non-hydrogen) atoms. The summed E-state index contributed by atoms with van der Waals surface area (Å²) in [5.41, 5.74) is -1.19. The normalized spacial score (nSPS) is 15.5. The van der Waals surface area contributed by atoms with Crippen LogP contribution in [0.25, 0.3) is 0 Å². The molecule has 1 fully saturated rings. The Balaban J connectivity index is 1.81. The van der Waals surface area contributed by atoms with Crippen molar-refractivity contribution in [1.82, 2.24) is 4.90 Å².